The number of piperazine rings is 1. The van der Waals surface area contributed by atoms with Crippen molar-refractivity contribution < 1.29 is 14.7 Å². The van der Waals surface area contributed by atoms with Crippen LogP contribution in [0.2, 0.25) is 0 Å². The van der Waals surface area contributed by atoms with E-state index in [-0.39, 0.29) is 12.6 Å². The van der Waals surface area contributed by atoms with Crippen LogP contribution in [0.3, 0.4) is 0 Å². The number of hydrogen-bond acceptors (Lipinski definition) is 5. The second-order valence-electron chi connectivity index (χ2n) is 6.82. The molecule has 142 valence electrons. The largest absolute Gasteiger partial charge is 0.480 e. The van der Waals surface area contributed by atoms with E-state index >= 15 is 0 Å². The van der Waals surface area contributed by atoms with Crippen molar-refractivity contribution in [1.82, 2.24) is 20.1 Å². The van der Waals surface area contributed by atoms with Gasteiger partial charge in [-0.1, -0.05) is 6.42 Å². The van der Waals surface area contributed by atoms with Gasteiger partial charge in [0.2, 0.25) is 0 Å². The molecule has 2 aliphatic heterocycles. The quantitative estimate of drug-likeness (QED) is 0.808. The number of aliphatic carboxylic acids is 1. The van der Waals surface area contributed by atoms with E-state index in [1.807, 2.05) is 17.0 Å². The van der Waals surface area contributed by atoms with Gasteiger partial charge in [0, 0.05) is 50.8 Å². The summed E-state index contributed by atoms with van der Waals surface area (Å²) >= 11 is 0. The van der Waals surface area contributed by atoms with Gasteiger partial charge >= 0.3 is 12.0 Å². The van der Waals surface area contributed by atoms with Gasteiger partial charge in [-0.05, 0) is 38.1 Å². The molecule has 2 saturated heterocycles. The molecule has 2 fully saturated rings. The Bertz CT molecular complexity index is 598. The molecule has 3 rings (SSSR count). The van der Waals surface area contributed by atoms with E-state index in [9.17, 15) is 14.7 Å². The molecule has 0 saturated carbocycles. The minimum Gasteiger partial charge on any atom is -0.480 e. The van der Waals surface area contributed by atoms with Crippen molar-refractivity contribution in [3.63, 3.8) is 0 Å². The Labute approximate surface area is 153 Å². The Morgan fingerprint density at radius 1 is 1.04 bits per heavy atom. The maximum atomic E-state index is 12.4. The molecule has 0 bridgehead atoms. The van der Waals surface area contributed by atoms with Crippen molar-refractivity contribution in [3.05, 3.63) is 24.5 Å². The van der Waals surface area contributed by atoms with Crippen LogP contribution in [-0.4, -0.2) is 83.7 Å². The summed E-state index contributed by atoms with van der Waals surface area (Å²) in [6.07, 6.45) is 6.72. The van der Waals surface area contributed by atoms with E-state index in [1.165, 1.54) is 0 Å². The minimum atomic E-state index is -0.866. The lowest BCUT2D eigenvalue weighted by atomic mass is 10.1. The number of nitrogens with one attached hydrogen (secondary N) is 1. The number of hydrogen-bond donors (Lipinski definition) is 2. The van der Waals surface area contributed by atoms with E-state index in [4.69, 9.17) is 0 Å². The molecule has 1 aromatic rings. The van der Waals surface area contributed by atoms with Gasteiger partial charge in [0.25, 0.3) is 0 Å². The summed E-state index contributed by atoms with van der Waals surface area (Å²) in [4.78, 5) is 34.0. The van der Waals surface area contributed by atoms with Crippen LogP contribution in [-0.2, 0) is 4.79 Å². The highest BCUT2D eigenvalue weighted by atomic mass is 16.4. The average molecular weight is 361 g/mol. The number of carbonyl (C=O) groups is 2. The zero-order chi connectivity index (χ0) is 18.4. The molecular weight excluding hydrogens is 334 g/mol. The molecule has 0 radical (unpaired) electrons. The lowest BCUT2D eigenvalue weighted by molar-refractivity contribution is -0.143. The van der Waals surface area contributed by atoms with Gasteiger partial charge in [-0.25, -0.2) is 4.79 Å². The van der Waals surface area contributed by atoms with E-state index in [1.54, 1.807) is 17.3 Å². The molecule has 26 heavy (non-hydrogen) atoms. The molecule has 2 aliphatic rings. The zero-order valence-corrected chi connectivity index (χ0v) is 15.0. The lowest BCUT2D eigenvalue weighted by Crippen LogP contribution is -2.55. The number of rotatable bonds is 5. The molecule has 1 unspecified atom stereocenters. The first kappa shape index (κ1) is 18.4. The predicted octanol–water partition coefficient (Wildman–Crippen LogP) is 0.852. The highest BCUT2D eigenvalue weighted by Crippen LogP contribution is 2.15. The van der Waals surface area contributed by atoms with Crippen LogP contribution in [0.4, 0.5) is 10.5 Å². The second kappa shape index (κ2) is 8.84. The molecule has 8 nitrogen and oxygen atoms in total. The maximum absolute atomic E-state index is 12.4. The van der Waals surface area contributed by atoms with Crippen molar-refractivity contribution in [2.24, 2.45) is 0 Å². The fraction of sp³-hybridized carbons (Fsp3) is 0.611. The fourth-order valence-corrected chi connectivity index (χ4v) is 3.62. The van der Waals surface area contributed by atoms with Crippen LogP contribution in [0, 0.1) is 0 Å². The van der Waals surface area contributed by atoms with Gasteiger partial charge in [0.1, 0.15) is 6.04 Å². The Kier molecular flexibility index (Phi) is 6.27. The van der Waals surface area contributed by atoms with Crippen molar-refractivity contribution in [1.29, 1.82) is 0 Å². The molecule has 2 amide bonds. The third kappa shape index (κ3) is 4.63. The van der Waals surface area contributed by atoms with Crippen molar-refractivity contribution >= 4 is 17.7 Å². The highest BCUT2D eigenvalue weighted by molar-refractivity contribution is 5.77. The number of aromatic nitrogens is 1. The summed E-state index contributed by atoms with van der Waals surface area (Å²) in [6, 6.07) is 3.11. The Hall–Kier alpha value is -2.35. The molecule has 2 N–H and O–H groups in total. The Morgan fingerprint density at radius 3 is 2.31 bits per heavy atom. The molecular formula is C18H27N5O3. The minimum absolute atomic E-state index is 0.152. The third-order valence-corrected chi connectivity index (χ3v) is 5.16. The molecule has 8 heteroatoms. The number of nitrogens with zero attached hydrogens (tertiary/aromatic N) is 4. The normalized spacial score (nSPS) is 19.8. The van der Waals surface area contributed by atoms with Crippen molar-refractivity contribution in [2.75, 3.05) is 50.7 Å². The van der Waals surface area contributed by atoms with Crippen molar-refractivity contribution in [3.8, 4) is 0 Å². The topological polar surface area (TPSA) is 89.0 Å². The number of carboxylic acid groups (broad SMARTS) is 1. The highest BCUT2D eigenvalue weighted by Gasteiger charge is 2.28. The molecule has 1 atom stereocenters. The first-order chi connectivity index (χ1) is 12.6. The van der Waals surface area contributed by atoms with Gasteiger partial charge in [-0.3, -0.25) is 14.7 Å². The third-order valence-electron chi connectivity index (χ3n) is 5.16. The number of urea groups is 1. The maximum Gasteiger partial charge on any atom is 0.322 e. The van der Waals surface area contributed by atoms with Crippen molar-refractivity contribution in [2.45, 2.75) is 25.3 Å². The monoisotopic (exact) mass is 361 g/mol. The van der Waals surface area contributed by atoms with E-state index in [2.05, 4.69) is 15.2 Å². The van der Waals surface area contributed by atoms with E-state index in [0.717, 1.165) is 51.1 Å². The summed E-state index contributed by atoms with van der Waals surface area (Å²) in [7, 11) is 0. The first-order valence-electron chi connectivity index (χ1n) is 9.30. The van der Waals surface area contributed by atoms with Crippen LogP contribution < -0.4 is 10.2 Å². The van der Waals surface area contributed by atoms with Gasteiger partial charge in [-0.15, -0.1) is 0 Å². The molecule has 0 aromatic carbocycles. The van der Waals surface area contributed by atoms with Crippen LogP contribution in [0.5, 0.6) is 0 Å². The molecule has 0 spiro atoms. The van der Waals surface area contributed by atoms with Crippen LogP contribution in [0.25, 0.3) is 0 Å². The SMILES string of the molecule is O=C(O)C(CNC(=O)N1CCN(c2ccncc2)CC1)N1CCCCC1. The summed E-state index contributed by atoms with van der Waals surface area (Å²) in [5.41, 5.74) is 1.11. The van der Waals surface area contributed by atoms with Gasteiger partial charge in [-0.2, -0.15) is 0 Å². The van der Waals surface area contributed by atoms with Gasteiger partial charge in [0.05, 0.1) is 0 Å². The number of likely N-dealkylation sites (tertiary alicyclic amines) is 1. The van der Waals surface area contributed by atoms with E-state index < -0.39 is 12.0 Å². The number of piperidine rings is 1. The summed E-state index contributed by atoms with van der Waals surface area (Å²) in [5.74, 6) is -0.866. The molecule has 0 aliphatic carbocycles. The van der Waals surface area contributed by atoms with Gasteiger partial charge < -0.3 is 20.2 Å². The lowest BCUT2D eigenvalue weighted by Gasteiger charge is -2.36. The first-order valence-corrected chi connectivity index (χ1v) is 9.30. The van der Waals surface area contributed by atoms with Gasteiger partial charge in [0.15, 0.2) is 0 Å². The van der Waals surface area contributed by atoms with E-state index in [0.29, 0.717) is 13.1 Å². The average Bonchev–Trinajstić information content (AvgIpc) is 2.69. The second-order valence-corrected chi connectivity index (χ2v) is 6.82. The number of carbonyl (C=O) groups excluding carboxylic acids is 1. The zero-order valence-electron chi connectivity index (χ0n) is 15.0. The predicted molar refractivity (Wildman–Crippen MR) is 98.3 cm³/mol. The standard InChI is InChI=1S/C18H27N5O3/c24-17(25)16(22-8-2-1-3-9-22)14-20-18(26)23-12-10-21(11-13-23)15-4-6-19-7-5-15/h4-7,16H,1-3,8-14H2,(H,20,26)(H,24,25). The Morgan fingerprint density at radius 2 is 1.69 bits per heavy atom. The summed E-state index contributed by atoms with van der Waals surface area (Å²) in [5, 5.41) is 12.3. The smallest absolute Gasteiger partial charge is 0.322 e. The number of carboxylic acids is 1. The number of amides is 2. The summed E-state index contributed by atoms with van der Waals surface area (Å²) < 4.78 is 0. The summed E-state index contributed by atoms with van der Waals surface area (Å²) in [6.45, 7) is 4.48. The van der Waals surface area contributed by atoms with Crippen LogP contribution in [0.15, 0.2) is 24.5 Å². The molecule has 3 heterocycles. The van der Waals surface area contributed by atoms with Crippen LogP contribution in [0.1, 0.15) is 19.3 Å². The van der Waals surface area contributed by atoms with Crippen LogP contribution >= 0.6 is 0 Å². The number of anilines is 1. The number of pyridine rings is 1. The molecule has 1 aromatic heterocycles. The Balaban J connectivity index is 1.47. The fourth-order valence-electron chi connectivity index (χ4n) is 3.62.